The second-order valence-corrected chi connectivity index (χ2v) is 6.30. The van der Waals surface area contributed by atoms with Gasteiger partial charge in [-0.05, 0) is 41.8 Å². The zero-order chi connectivity index (χ0) is 17.5. The zero-order valence-electron chi connectivity index (χ0n) is 15.5. The largest absolute Gasteiger partial charge is 0.493 e. The first-order chi connectivity index (χ1) is 12.3. The maximum atomic E-state index is 5.76. The summed E-state index contributed by atoms with van der Waals surface area (Å²) in [6.45, 7) is 6.68. The van der Waals surface area contributed by atoms with Crippen LogP contribution in [-0.2, 0) is 6.54 Å². The van der Waals surface area contributed by atoms with Crippen LogP contribution < -0.4 is 14.8 Å². The molecule has 0 radical (unpaired) electrons. The van der Waals surface area contributed by atoms with Gasteiger partial charge in [0.05, 0.1) is 13.7 Å². The third-order valence-corrected chi connectivity index (χ3v) is 4.52. The highest BCUT2D eigenvalue weighted by Crippen LogP contribution is 2.30. The molecule has 0 amide bonds. The van der Waals surface area contributed by atoms with E-state index in [-0.39, 0.29) is 12.4 Å². The number of halogens is 1. The molecular formula is C20H28ClN3O2. The summed E-state index contributed by atoms with van der Waals surface area (Å²) in [6.07, 6.45) is 4.72. The third-order valence-electron chi connectivity index (χ3n) is 4.52. The quantitative estimate of drug-likeness (QED) is 0.800. The van der Waals surface area contributed by atoms with E-state index in [2.05, 4.69) is 46.4 Å². The summed E-state index contributed by atoms with van der Waals surface area (Å²) in [7, 11) is 1.70. The summed E-state index contributed by atoms with van der Waals surface area (Å²) in [5, 5.41) is 3.50. The summed E-state index contributed by atoms with van der Waals surface area (Å²) in [4.78, 5) is 6.64. The van der Waals surface area contributed by atoms with Gasteiger partial charge in [-0.1, -0.05) is 13.0 Å². The molecule has 0 saturated carbocycles. The Morgan fingerprint density at radius 2 is 2.00 bits per heavy atom. The number of ether oxygens (including phenoxy) is 2. The second kappa shape index (κ2) is 10.4. The minimum atomic E-state index is 0. The summed E-state index contributed by atoms with van der Waals surface area (Å²) in [5.74, 6) is 1.63. The minimum absolute atomic E-state index is 0. The van der Waals surface area contributed by atoms with Crippen LogP contribution in [0.1, 0.15) is 30.5 Å². The van der Waals surface area contributed by atoms with E-state index in [0.717, 1.165) is 44.1 Å². The fourth-order valence-electron chi connectivity index (χ4n) is 3.23. The Bertz CT molecular complexity index is 669. The molecule has 0 aliphatic carbocycles. The molecule has 26 heavy (non-hydrogen) atoms. The molecular weight excluding hydrogens is 350 g/mol. The number of nitrogens with one attached hydrogen (secondary N) is 1. The van der Waals surface area contributed by atoms with Crippen LogP contribution >= 0.6 is 12.4 Å². The third kappa shape index (κ3) is 5.10. The van der Waals surface area contributed by atoms with E-state index in [0.29, 0.717) is 12.6 Å². The summed E-state index contributed by atoms with van der Waals surface area (Å²) < 4.78 is 11.3. The van der Waals surface area contributed by atoms with Crippen molar-refractivity contribution < 1.29 is 9.47 Å². The van der Waals surface area contributed by atoms with Crippen LogP contribution in [0.3, 0.4) is 0 Å². The molecule has 1 aromatic carbocycles. The lowest BCUT2D eigenvalue weighted by atomic mass is 10.0. The van der Waals surface area contributed by atoms with E-state index < -0.39 is 0 Å². The van der Waals surface area contributed by atoms with E-state index >= 15 is 0 Å². The predicted octanol–water partition coefficient (Wildman–Crippen LogP) is 3.45. The number of nitrogens with zero attached hydrogens (tertiary/aromatic N) is 2. The van der Waals surface area contributed by atoms with Gasteiger partial charge in [-0.25, -0.2) is 0 Å². The number of rotatable bonds is 7. The number of hydrogen-bond acceptors (Lipinski definition) is 5. The van der Waals surface area contributed by atoms with Crippen molar-refractivity contribution in [2.24, 2.45) is 0 Å². The lowest BCUT2D eigenvalue weighted by Crippen LogP contribution is -2.45. The number of aromatic nitrogens is 1. The molecule has 1 N–H and O–H groups in total. The second-order valence-electron chi connectivity index (χ2n) is 6.30. The van der Waals surface area contributed by atoms with Gasteiger partial charge in [-0.2, -0.15) is 0 Å². The van der Waals surface area contributed by atoms with Crippen molar-refractivity contribution in [3.05, 3.63) is 53.9 Å². The molecule has 0 spiro atoms. The minimum Gasteiger partial charge on any atom is -0.493 e. The Morgan fingerprint density at radius 1 is 1.19 bits per heavy atom. The fourth-order valence-corrected chi connectivity index (χ4v) is 3.23. The van der Waals surface area contributed by atoms with Gasteiger partial charge >= 0.3 is 0 Å². The van der Waals surface area contributed by atoms with Crippen molar-refractivity contribution in [1.82, 2.24) is 15.2 Å². The van der Waals surface area contributed by atoms with E-state index in [1.807, 2.05) is 18.5 Å². The molecule has 2 aromatic rings. The topological polar surface area (TPSA) is 46.6 Å². The maximum Gasteiger partial charge on any atom is 0.161 e. The molecule has 1 unspecified atom stereocenters. The molecule has 0 bridgehead atoms. The van der Waals surface area contributed by atoms with Gasteiger partial charge < -0.3 is 14.8 Å². The molecule has 1 saturated heterocycles. The van der Waals surface area contributed by atoms with Crippen LogP contribution in [0.2, 0.25) is 0 Å². The average molecular weight is 378 g/mol. The van der Waals surface area contributed by atoms with E-state index in [1.54, 1.807) is 7.11 Å². The first-order valence-corrected chi connectivity index (χ1v) is 8.96. The molecule has 142 valence electrons. The van der Waals surface area contributed by atoms with Crippen molar-refractivity contribution in [2.75, 3.05) is 33.4 Å². The normalized spacial score (nSPS) is 17.4. The summed E-state index contributed by atoms with van der Waals surface area (Å²) >= 11 is 0. The number of benzene rings is 1. The lowest BCUT2D eigenvalue weighted by molar-refractivity contribution is 0.153. The van der Waals surface area contributed by atoms with Gasteiger partial charge in [-0.3, -0.25) is 9.88 Å². The number of methoxy groups -OCH3 is 1. The van der Waals surface area contributed by atoms with E-state index in [9.17, 15) is 0 Å². The molecule has 3 rings (SSSR count). The van der Waals surface area contributed by atoms with Crippen molar-refractivity contribution in [3.8, 4) is 11.5 Å². The highest BCUT2D eigenvalue weighted by molar-refractivity contribution is 5.85. The van der Waals surface area contributed by atoms with Crippen molar-refractivity contribution >= 4 is 12.4 Å². The lowest BCUT2D eigenvalue weighted by Gasteiger charge is -2.36. The molecule has 1 fully saturated rings. The van der Waals surface area contributed by atoms with Gasteiger partial charge in [0, 0.05) is 44.6 Å². The van der Waals surface area contributed by atoms with Gasteiger partial charge in [0.2, 0.25) is 0 Å². The van der Waals surface area contributed by atoms with Crippen LogP contribution in [-0.4, -0.2) is 43.2 Å². The molecule has 5 nitrogen and oxygen atoms in total. The van der Waals surface area contributed by atoms with E-state index in [1.165, 1.54) is 11.1 Å². The summed E-state index contributed by atoms with van der Waals surface area (Å²) in [5.41, 5.74) is 2.54. The van der Waals surface area contributed by atoms with Crippen molar-refractivity contribution in [1.29, 1.82) is 0 Å². The van der Waals surface area contributed by atoms with E-state index in [4.69, 9.17) is 9.47 Å². The number of piperazine rings is 1. The van der Waals surface area contributed by atoms with Crippen LogP contribution in [0.5, 0.6) is 11.5 Å². The Labute approximate surface area is 162 Å². The maximum absolute atomic E-state index is 5.76. The van der Waals surface area contributed by atoms with Crippen LogP contribution in [0.15, 0.2) is 42.7 Å². The van der Waals surface area contributed by atoms with Gasteiger partial charge in [0.25, 0.3) is 0 Å². The van der Waals surface area contributed by atoms with Gasteiger partial charge in [-0.15, -0.1) is 12.4 Å². The number of hydrogen-bond donors (Lipinski definition) is 1. The predicted molar refractivity (Wildman–Crippen MR) is 106 cm³/mol. The van der Waals surface area contributed by atoms with Crippen LogP contribution in [0.4, 0.5) is 0 Å². The Kier molecular flexibility index (Phi) is 8.16. The first-order valence-electron chi connectivity index (χ1n) is 8.96. The SMILES string of the molecule is CCCOc1ccc(CN2CCNCC2c2ccncc2)cc1OC.Cl. The Morgan fingerprint density at radius 3 is 2.73 bits per heavy atom. The molecule has 1 aliphatic heterocycles. The van der Waals surface area contributed by atoms with Crippen LogP contribution in [0, 0.1) is 0 Å². The monoisotopic (exact) mass is 377 g/mol. The molecule has 1 aliphatic rings. The molecule has 1 aromatic heterocycles. The average Bonchev–Trinajstić information content (AvgIpc) is 2.68. The first kappa shape index (κ1) is 20.5. The standard InChI is InChI=1S/C20H27N3O2.ClH/c1-3-12-25-19-5-4-16(13-20(19)24-2)15-23-11-10-22-14-18(23)17-6-8-21-9-7-17;/h4-9,13,18,22H,3,10-12,14-15H2,1-2H3;1H. The van der Waals surface area contributed by atoms with Gasteiger partial charge in [0.1, 0.15) is 0 Å². The Hall–Kier alpha value is -1.82. The molecule has 6 heteroatoms. The number of pyridine rings is 1. The highest BCUT2D eigenvalue weighted by Gasteiger charge is 2.24. The highest BCUT2D eigenvalue weighted by atomic mass is 35.5. The van der Waals surface area contributed by atoms with Crippen molar-refractivity contribution in [2.45, 2.75) is 25.9 Å². The zero-order valence-corrected chi connectivity index (χ0v) is 16.3. The fraction of sp³-hybridized carbons (Fsp3) is 0.450. The summed E-state index contributed by atoms with van der Waals surface area (Å²) in [6, 6.07) is 10.8. The van der Waals surface area contributed by atoms with Crippen molar-refractivity contribution in [3.63, 3.8) is 0 Å². The molecule has 1 atom stereocenters. The smallest absolute Gasteiger partial charge is 0.161 e. The van der Waals surface area contributed by atoms with Crippen LogP contribution in [0.25, 0.3) is 0 Å². The Balaban J connectivity index is 0.00000243. The van der Waals surface area contributed by atoms with Gasteiger partial charge in [0.15, 0.2) is 11.5 Å². The molecule has 2 heterocycles.